The molecule has 20 heavy (non-hydrogen) atoms. The summed E-state index contributed by atoms with van der Waals surface area (Å²) in [5.74, 6) is 0.277. The molecule has 8 heteroatoms. The third-order valence-corrected chi connectivity index (χ3v) is 6.16. The molecule has 112 valence electrons. The highest BCUT2D eigenvalue weighted by Gasteiger charge is 2.53. The van der Waals surface area contributed by atoms with Gasteiger partial charge >= 0.3 is 0 Å². The lowest BCUT2D eigenvalue weighted by Crippen LogP contribution is -2.68. The van der Waals surface area contributed by atoms with Crippen LogP contribution in [0.2, 0.25) is 0 Å². The van der Waals surface area contributed by atoms with Crippen LogP contribution in [0.3, 0.4) is 0 Å². The Kier molecular flexibility index (Phi) is 3.16. The molecule has 0 amide bonds. The Morgan fingerprint density at radius 1 is 1.45 bits per heavy atom. The topological polar surface area (TPSA) is 99.2 Å². The number of ether oxygens (including phenoxy) is 1. The van der Waals surface area contributed by atoms with E-state index >= 15 is 0 Å². The van der Waals surface area contributed by atoms with E-state index in [9.17, 15) is 8.42 Å². The molecule has 0 spiro atoms. The maximum Gasteiger partial charge on any atom is 0.244 e. The largest absolute Gasteiger partial charge is 0.376 e. The van der Waals surface area contributed by atoms with Crippen molar-refractivity contribution in [1.82, 2.24) is 14.5 Å². The van der Waals surface area contributed by atoms with Gasteiger partial charge in [0.25, 0.3) is 0 Å². The van der Waals surface area contributed by atoms with Crippen LogP contribution in [-0.4, -0.2) is 43.0 Å². The summed E-state index contributed by atoms with van der Waals surface area (Å²) in [7, 11) is -1.90. The second kappa shape index (κ2) is 4.52. The summed E-state index contributed by atoms with van der Waals surface area (Å²) in [4.78, 5) is 0.244. The second-order valence-corrected chi connectivity index (χ2v) is 7.29. The molecule has 4 atom stereocenters. The first-order chi connectivity index (χ1) is 9.33. The highest BCUT2D eigenvalue weighted by Crippen LogP contribution is 2.38. The van der Waals surface area contributed by atoms with Gasteiger partial charge in [-0.3, -0.25) is 4.68 Å². The van der Waals surface area contributed by atoms with Crippen LogP contribution >= 0.6 is 0 Å². The maximum atomic E-state index is 12.5. The molecule has 2 aliphatic rings. The van der Waals surface area contributed by atoms with Gasteiger partial charge in [0.05, 0.1) is 23.5 Å². The third-order valence-electron chi connectivity index (χ3n) is 4.45. The molecule has 1 saturated carbocycles. The molecule has 4 unspecified atom stereocenters. The van der Waals surface area contributed by atoms with Crippen LogP contribution in [0.1, 0.15) is 17.8 Å². The molecule has 1 aliphatic heterocycles. The van der Waals surface area contributed by atoms with Gasteiger partial charge in [0.2, 0.25) is 10.0 Å². The van der Waals surface area contributed by atoms with E-state index in [0.717, 1.165) is 6.42 Å². The van der Waals surface area contributed by atoms with Crippen molar-refractivity contribution >= 4 is 10.0 Å². The van der Waals surface area contributed by atoms with E-state index in [0.29, 0.717) is 18.0 Å². The summed E-state index contributed by atoms with van der Waals surface area (Å²) in [6.45, 7) is 4.09. The van der Waals surface area contributed by atoms with E-state index in [1.807, 2.05) is 0 Å². The molecular formula is C12H20N4O3S. The van der Waals surface area contributed by atoms with Crippen LogP contribution in [0, 0.1) is 19.8 Å². The first-order valence-electron chi connectivity index (χ1n) is 6.72. The van der Waals surface area contributed by atoms with Gasteiger partial charge in [0.1, 0.15) is 4.90 Å². The minimum atomic E-state index is -3.63. The van der Waals surface area contributed by atoms with Gasteiger partial charge < -0.3 is 10.5 Å². The smallest absolute Gasteiger partial charge is 0.244 e. The molecule has 0 aromatic carbocycles. The third kappa shape index (κ3) is 1.90. The van der Waals surface area contributed by atoms with Crippen molar-refractivity contribution in [1.29, 1.82) is 0 Å². The Balaban J connectivity index is 1.86. The Bertz CT molecular complexity index is 639. The summed E-state index contributed by atoms with van der Waals surface area (Å²) < 4.78 is 34.9. The van der Waals surface area contributed by atoms with Gasteiger partial charge in [-0.1, -0.05) is 0 Å². The van der Waals surface area contributed by atoms with Crippen molar-refractivity contribution in [2.75, 3.05) is 6.61 Å². The van der Waals surface area contributed by atoms with E-state index < -0.39 is 10.0 Å². The number of aryl methyl sites for hydroxylation is 2. The van der Waals surface area contributed by atoms with Crippen molar-refractivity contribution in [2.24, 2.45) is 18.7 Å². The summed E-state index contributed by atoms with van der Waals surface area (Å²) in [6.07, 6.45) is 0.826. The van der Waals surface area contributed by atoms with E-state index in [1.54, 1.807) is 25.6 Å². The van der Waals surface area contributed by atoms with Crippen LogP contribution in [-0.2, 0) is 21.8 Å². The minimum absolute atomic E-state index is 0.0861. The zero-order valence-corrected chi connectivity index (χ0v) is 12.6. The Labute approximate surface area is 118 Å². The molecule has 0 bridgehead atoms. The number of fused-ring (bicyclic) bond motifs is 1. The van der Waals surface area contributed by atoms with Gasteiger partial charge in [0, 0.05) is 25.6 Å². The Morgan fingerprint density at radius 3 is 2.75 bits per heavy atom. The molecule has 2 heterocycles. The van der Waals surface area contributed by atoms with Gasteiger partial charge in [-0.05, 0) is 20.3 Å². The molecule has 3 N–H and O–H groups in total. The van der Waals surface area contributed by atoms with E-state index in [1.165, 1.54) is 0 Å². The van der Waals surface area contributed by atoms with Crippen LogP contribution in [0.5, 0.6) is 0 Å². The SMILES string of the molecule is Cc1nn(C)c(C)c1S(=O)(=O)NC1C(N)C2CCOC21. The number of sulfonamides is 1. The average Bonchev–Trinajstić information content (AvgIpc) is 2.90. The highest BCUT2D eigenvalue weighted by atomic mass is 32.2. The lowest BCUT2D eigenvalue weighted by molar-refractivity contribution is -0.00924. The average molecular weight is 300 g/mol. The van der Waals surface area contributed by atoms with Gasteiger partial charge in [-0.15, -0.1) is 0 Å². The van der Waals surface area contributed by atoms with Crippen molar-refractivity contribution in [3.63, 3.8) is 0 Å². The first kappa shape index (κ1) is 14.0. The van der Waals surface area contributed by atoms with E-state index in [4.69, 9.17) is 10.5 Å². The summed E-state index contributed by atoms with van der Waals surface area (Å²) in [5.41, 5.74) is 7.16. The number of hydrogen-bond donors (Lipinski definition) is 2. The van der Waals surface area contributed by atoms with Gasteiger partial charge in [-0.25, -0.2) is 13.1 Å². The van der Waals surface area contributed by atoms with Crippen molar-refractivity contribution in [3.05, 3.63) is 11.4 Å². The fourth-order valence-corrected chi connectivity index (χ4v) is 4.99. The lowest BCUT2D eigenvalue weighted by Gasteiger charge is -2.45. The lowest BCUT2D eigenvalue weighted by atomic mass is 9.73. The number of hydrogen-bond acceptors (Lipinski definition) is 5. The summed E-state index contributed by atoms with van der Waals surface area (Å²) >= 11 is 0. The number of nitrogens with two attached hydrogens (primary N) is 1. The van der Waals surface area contributed by atoms with Gasteiger partial charge in [0.15, 0.2) is 0 Å². The normalized spacial score (nSPS) is 33.0. The zero-order chi connectivity index (χ0) is 14.7. The Morgan fingerprint density at radius 2 is 2.15 bits per heavy atom. The molecule has 1 saturated heterocycles. The van der Waals surface area contributed by atoms with Crippen molar-refractivity contribution in [3.8, 4) is 0 Å². The molecule has 1 aliphatic carbocycles. The zero-order valence-electron chi connectivity index (χ0n) is 11.8. The van der Waals surface area contributed by atoms with Crippen LogP contribution in [0.25, 0.3) is 0 Å². The van der Waals surface area contributed by atoms with Crippen molar-refractivity contribution in [2.45, 2.75) is 43.4 Å². The summed E-state index contributed by atoms with van der Waals surface area (Å²) in [5, 5.41) is 4.15. The minimum Gasteiger partial charge on any atom is -0.376 e. The number of aromatic nitrogens is 2. The standard InChI is InChI=1S/C12H20N4O3S/c1-6-12(7(2)16(3)14-6)20(17,18)15-10-9(13)8-4-5-19-11(8)10/h8-11,15H,4-5,13H2,1-3H3. The molecule has 2 fully saturated rings. The monoisotopic (exact) mass is 300 g/mol. The number of nitrogens with zero attached hydrogens (tertiary/aromatic N) is 2. The quantitative estimate of drug-likeness (QED) is 0.779. The van der Waals surface area contributed by atoms with E-state index in [-0.39, 0.29) is 29.0 Å². The highest BCUT2D eigenvalue weighted by molar-refractivity contribution is 7.89. The molecule has 1 aromatic heterocycles. The molecule has 7 nitrogen and oxygen atoms in total. The first-order valence-corrected chi connectivity index (χ1v) is 8.21. The summed E-state index contributed by atoms with van der Waals surface area (Å²) in [6, 6.07) is -0.513. The molecular weight excluding hydrogens is 280 g/mol. The predicted molar refractivity (Wildman–Crippen MR) is 72.6 cm³/mol. The van der Waals surface area contributed by atoms with Crippen LogP contribution < -0.4 is 10.5 Å². The second-order valence-electron chi connectivity index (χ2n) is 5.64. The number of rotatable bonds is 3. The molecule has 0 radical (unpaired) electrons. The number of nitrogens with one attached hydrogen (secondary N) is 1. The van der Waals surface area contributed by atoms with Gasteiger partial charge in [-0.2, -0.15) is 5.10 Å². The predicted octanol–water partition coefficient (Wildman–Crippen LogP) is -0.570. The van der Waals surface area contributed by atoms with Crippen LogP contribution in [0.15, 0.2) is 4.90 Å². The maximum absolute atomic E-state index is 12.5. The van der Waals surface area contributed by atoms with Crippen molar-refractivity contribution < 1.29 is 13.2 Å². The molecule has 1 aromatic rings. The Hall–Kier alpha value is -0.960. The van der Waals surface area contributed by atoms with Crippen LogP contribution in [0.4, 0.5) is 0 Å². The molecule has 3 rings (SSSR count). The van der Waals surface area contributed by atoms with E-state index in [2.05, 4.69) is 9.82 Å². The fraction of sp³-hybridized carbons (Fsp3) is 0.750. The fourth-order valence-electron chi connectivity index (χ4n) is 3.28.